The zero-order valence-electron chi connectivity index (χ0n) is 22.5. The molecule has 0 aliphatic carbocycles. The molecule has 1 fully saturated rings. The number of aromatic nitrogens is 2. The number of halogens is 1. The van der Waals surface area contributed by atoms with Gasteiger partial charge in [-0.1, -0.05) is 35.4 Å². The highest BCUT2D eigenvalue weighted by molar-refractivity contribution is 7.80. The Bertz CT molecular complexity index is 1650. The van der Waals surface area contributed by atoms with E-state index in [9.17, 15) is 0 Å². The Hall–Kier alpha value is -4.13. The van der Waals surface area contributed by atoms with E-state index in [1.54, 1.807) is 0 Å². The molecule has 0 saturated carbocycles. The number of anilines is 1. The van der Waals surface area contributed by atoms with Crippen LogP contribution in [0.2, 0.25) is 5.02 Å². The van der Waals surface area contributed by atoms with Gasteiger partial charge in [0.2, 0.25) is 0 Å². The second-order valence-electron chi connectivity index (χ2n) is 10.0. The third-order valence-electron chi connectivity index (χ3n) is 7.34. The smallest absolute Gasteiger partial charge is 0.174 e. The molecule has 5 nitrogen and oxygen atoms in total. The van der Waals surface area contributed by atoms with Crippen LogP contribution in [0.5, 0.6) is 11.5 Å². The van der Waals surface area contributed by atoms with E-state index in [4.69, 9.17) is 33.5 Å². The Kier molecular flexibility index (Phi) is 7.05. The van der Waals surface area contributed by atoms with Gasteiger partial charge in [-0.3, -0.25) is 4.98 Å². The molecule has 3 heterocycles. The summed E-state index contributed by atoms with van der Waals surface area (Å²) in [6, 6.07) is 32.1. The van der Waals surface area contributed by atoms with Crippen LogP contribution in [-0.4, -0.2) is 14.7 Å². The van der Waals surface area contributed by atoms with Gasteiger partial charge in [0.1, 0.15) is 11.5 Å². The molecule has 40 heavy (non-hydrogen) atoms. The Morgan fingerprint density at radius 1 is 0.825 bits per heavy atom. The maximum atomic E-state index is 6.19. The topological polar surface area (TPSA) is 42.3 Å². The first-order chi connectivity index (χ1) is 19.4. The van der Waals surface area contributed by atoms with Crippen molar-refractivity contribution in [2.45, 2.75) is 32.9 Å². The van der Waals surface area contributed by atoms with E-state index in [2.05, 4.69) is 53.8 Å². The third kappa shape index (κ3) is 4.96. The predicted octanol–water partition coefficient (Wildman–Crippen LogP) is 8.42. The highest BCUT2D eigenvalue weighted by Crippen LogP contribution is 2.44. The van der Waals surface area contributed by atoms with Gasteiger partial charge in [-0.05, 0) is 117 Å². The van der Waals surface area contributed by atoms with Gasteiger partial charge in [-0.15, -0.1) is 0 Å². The minimum Gasteiger partial charge on any atom is -0.457 e. The molecule has 200 valence electrons. The number of aryl methyl sites for hydroxylation is 2. The molecule has 0 amide bonds. The zero-order valence-corrected chi connectivity index (χ0v) is 24.1. The van der Waals surface area contributed by atoms with Crippen LogP contribution in [-0.2, 0) is 0 Å². The van der Waals surface area contributed by atoms with Crippen molar-refractivity contribution in [3.8, 4) is 17.2 Å². The van der Waals surface area contributed by atoms with Crippen molar-refractivity contribution in [2.24, 2.45) is 0 Å². The molecule has 3 aromatic carbocycles. The van der Waals surface area contributed by atoms with Crippen LogP contribution >= 0.6 is 23.8 Å². The molecule has 1 saturated heterocycles. The molecule has 1 aliphatic rings. The first-order valence-corrected chi connectivity index (χ1v) is 14.0. The fourth-order valence-corrected chi connectivity index (χ4v) is 5.91. The van der Waals surface area contributed by atoms with Crippen molar-refractivity contribution in [1.29, 1.82) is 0 Å². The van der Waals surface area contributed by atoms with Crippen LogP contribution in [0.4, 0.5) is 5.69 Å². The van der Waals surface area contributed by atoms with Gasteiger partial charge >= 0.3 is 0 Å². The van der Waals surface area contributed by atoms with Crippen molar-refractivity contribution >= 4 is 34.6 Å². The Labute approximate surface area is 245 Å². The number of nitrogens with one attached hydrogen (secondary N) is 1. The minimum atomic E-state index is -0.128. The largest absolute Gasteiger partial charge is 0.457 e. The number of hydrogen-bond donors (Lipinski definition) is 1. The monoisotopic (exact) mass is 564 g/mol. The molecule has 2 atom stereocenters. The van der Waals surface area contributed by atoms with E-state index in [1.165, 1.54) is 11.1 Å². The van der Waals surface area contributed by atoms with Gasteiger partial charge in [0.05, 0.1) is 17.8 Å². The standard InChI is InChI=1S/C33H29ClN4OS/c1-21-7-15-27(16-8-21)39-28-17-13-26(14-18-28)38-32(31(36-33(38)40)30-6-4-5-19-35-30)29-20-22(2)37(23(29)3)25-11-9-24(34)10-12-25/h4-20,31-32H,1-3H3,(H,36,40)/t31-,32-/m0/s1. The molecule has 0 bridgehead atoms. The lowest BCUT2D eigenvalue weighted by atomic mass is 9.96. The summed E-state index contributed by atoms with van der Waals surface area (Å²) in [5, 5.41) is 4.94. The normalized spacial score (nSPS) is 16.7. The first-order valence-electron chi connectivity index (χ1n) is 13.2. The Morgan fingerprint density at radius 3 is 2.12 bits per heavy atom. The summed E-state index contributed by atoms with van der Waals surface area (Å²) in [6.07, 6.45) is 1.83. The lowest BCUT2D eigenvalue weighted by Crippen LogP contribution is -2.29. The number of nitrogens with zero attached hydrogens (tertiary/aromatic N) is 3. The van der Waals surface area contributed by atoms with E-state index in [0.29, 0.717) is 10.1 Å². The summed E-state index contributed by atoms with van der Waals surface area (Å²) < 4.78 is 8.35. The molecule has 1 aliphatic heterocycles. The number of thiocarbonyl (C=S) groups is 1. The van der Waals surface area contributed by atoms with E-state index in [-0.39, 0.29) is 12.1 Å². The fraction of sp³-hybridized carbons (Fsp3) is 0.152. The highest BCUT2D eigenvalue weighted by Gasteiger charge is 2.42. The Morgan fingerprint density at radius 2 is 1.48 bits per heavy atom. The van der Waals surface area contributed by atoms with Crippen molar-refractivity contribution in [1.82, 2.24) is 14.9 Å². The predicted molar refractivity (Wildman–Crippen MR) is 166 cm³/mol. The maximum Gasteiger partial charge on any atom is 0.174 e. The van der Waals surface area contributed by atoms with Gasteiger partial charge in [0.25, 0.3) is 0 Å². The van der Waals surface area contributed by atoms with Crippen molar-refractivity contribution < 1.29 is 4.74 Å². The quantitative estimate of drug-likeness (QED) is 0.210. The first kappa shape index (κ1) is 26.1. The van der Waals surface area contributed by atoms with Crippen LogP contribution in [0.25, 0.3) is 5.69 Å². The number of benzene rings is 3. The van der Waals surface area contributed by atoms with E-state index in [1.807, 2.05) is 85.1 Å². The van der Waals surface area contributed by atoms with E-state index < -0.39 is 0 Å². The number of hydrogen-bond acceptors (Lipinski definition) is 3. The molecule has 2 aromatic heterocycles. The van der Waals surface area contributed by atoms with Gasteiger partial charge in [-0.2, -0.15) is 0 Å². The number of rotatable bonds is 6. The van der Waals surface area contributed by atoms with Gasteiger partial charge < -0.3 is 19.5 Å². The molecule has 6 rings (SSSR count). The summed E-state index contributed by atoms with van der Waals surface area (Å²) in [6.45, 7) is 6.35. The zero-order chi connectivity index (χ0) is 27.8. The molecule has 0 unspecified atom stereocenters. The number of pyridine rings is 1. The lowest BCUT2D eigenvalue weighted by Gasteiger charge is -2.28. The molecular weight excluding hydrogens is 536 g/mol. The fourth-order valence-electron chi connectivity index (χ4n) is 5.44. The van der Waals surface area contributed by atoms with E-state index in [0.717, 1.165) is 40.0 Å². The van der Waals surface area contributed by atoms with Gasteiger partial charge in [0, 0.05) is 34.0 Å². The van der Waals surface area contributed by atoms with Crippen LogP contribution < -0.4 is 15.0 Å². The van der Waals surface area contributed by atoms with Crippen LogP contribution in [0.1, 0.15) is 40.3 Å². The van der Waals surface area contributed by atoms with Gasteiger partial charge in [-0.25, -0.2) is 0 Å². The maximum absolute atomic E-state index is 6.19. The van der Waals surface area contributed by atoms with Crippen LogP contribution in [0, 0.1) is 20.8 Å². The lowest BCUT2D eigenvalue weighted by molar-refractivity contribution is 0.482. The Balaban J connectivity index is 1.40. The summed E-state index contributed by atoms with van der Waals surface area (Å²) in [7, 11) is 0. The molecular formula is C33H29ClN4OS. The van der Waals surface area contributed by atoms with Crippen LogP contribution in [0.15, 0.2) is 103 Å². The number of ether oxygens (including phenoxy) is 1. The molecule has 7 heteroatoms. The summed E-state index contributed by atoms with van der Waals surface area (Å²) in [5.74, 6) is 1.57. The van der Waals surface area contributed by atoms with Crippen molar-refractivity contribution in [3.63, 3.8) is 0 Å². The summed E-state index contributed by atoms with van der Waals surface area (Å²) >= 11 is 12.1. The molecule has 1 N–H and O–H groups in total. The SMILES string of the molecule is Cc1ccc(Oc2ccc(N3C(=S)N[C@@H](c4ccccn4)[C@@H]3c3cc(C)n(-c4ccc(Cl)cc4)c3C)cc2)cc1. The average molecular weight is 565 g/mol. The molecule has 5 aromatic rings. The molecule has 0 spiro atoms. The summed E-state index contributed by atoms with van der Waals surface area (Å²) in [5.41, 5.74) is 7.63. The van der Waals surface area contributed by atoms with E-state index >= 15 is 0 Å². The minimum absolute atomic E-state index is 0.112. The van der Waals surface area contributed by atoms with Crippen molar-refractivity contribution in [3.05, 3.63) is 136 Å². The molecule has 0 radical (unpaired) electrons. The van der Waals surface area contributed by atoms with Gasteiger partial charge in [0.15, 0.2) is 5.11 Å². The highest BCUT2D eigenvalue weighted by atomic mass is 35.5. The second-order valence-corrected chi connectivity index (χ2v) is 10.9. The summed E-state index contributed by atoms with van der Waals surface area (Å²) in [4.78, 5) is 6.90. The second kappa shape index (κ2) is 10.8. The van der Waals surface area contributed by atoms with Crippen LogP contribution in [0.3, 0.4) is 0 Å². The van der Waals surface area contributed by atoms with Crippen molar-refractivity contribution in [2.75, 3.05) is 4.90 Å². The average Bonchev–Trinajstić information content (AvgIpc) is 3.46. The third-order valence-corrected chi connectivity index (χ3v) is 7.91.